The van der Waals surface area contributed by atoms with Crippen LogP contribution in [0.4, 0.5) is 5.69 Å². The lowest BCUT2D eigenvalue weighted by atomic mass is 10.1. The zero-order valence-electron chi connectivity index (χ0n) is 15.4. The lowest BCUT2D eigenvalue weighted by molar-refractivity contribution is 0.414. The molecule has 0 unspecified atom stereocenters. The maximum Gasteiger partial charge on any atom is 0.261 e. The molecule has 6 nitrogen and oxygen atoms in total. The summed E-state index contributed by atoms with van der Waals surface area (Å²) in [6.45, 7) is 0.945. The molecule has 0 atom stereocenters. The monoisotopic (exact) mass is 417 g/mol. The van der Waals surface area contributed by atoms with Gasteiger partial charge in [-0.15, -0.1) is 0 Å². The van der Waals surface area contributed by atoms with Gasteiger partial charge in [-0.25, -0.2) is 13.4 Å². The molecule has 0 aliphatic carbocycles. The summed E-state index contributed by atoms with van der Waals surface area (Å²) < 4.78 is 35.7. The number of halogens is 1. The van der Waals surface area contributed by atoms with Crippen molar-refractivity contribution in [3.8, 4) is 17.0 Å². The Hall–Kier alpha value is -2.51. The van der Waals surface area contributed by atoms with Gasteiger partial charge >= 0.3 is 0 Å². The third-order valence-electron chi connectivity index (χ3n) is 4.79. The second-order valence-electron chi connectivity index (χ2n) is 6.64. The first-order valence-corrected chi connectivity index (χ1v) is 10.9. The van der Waals surface area contributed by atoms with Crippen LogP contribution in [0.15, 0.2) is 53.6 Å². The van der Waals surface area contributed by atoms with E-state index in [1.54, 1.807) is 12.1 Å². The molecule has 0 bridgehead atoms. The van der Waals surface area contributed by atoms with Gasteiger partial charge in [0.25, 0.3) is 10.0 Å². The number of nitrogens with one attached hydrogen (secondary N) is 1. The lowest BCUT2D eigenvalue weighted by Crippen LogP contribution is -2.13. The molecule has 2 aromatic carbocycles. The molecule has 0 amide bonds. The van der Waals surface area contributed by atoms with Crippen molar-refractivity contribution in [3.05, 3.63) is 59.5 Å². The van der Waals surface area contributed by atoms with Crippen LogP contribution in [0.5, 0.6) is 5.75 Å². The van der Waals surface area contributed by atoms with Crippen molar-refractivity contribution in [2.24, 2.45) is 0 Å². The first-order chi connectivity index (χ1) is 13.5. The van der Waals surface area contributed by atoms with Gasteiger partial charge in [0.2, 0.25) is 0 Å². The summed E-state index contributed by atoms with van der Waals surface area (Å²) in [7, 11) is -2.34. The van der Waals surface area contributed by atoms with Crippen molar-refractivity contribution in [1.29, 1.82) is 0 Å². The highest BCUT2D eigenvalue weighted by Crippen LogP contribution is 2.32. The lowest BCUT2D eigenvalue weighted by Gasteiger charge is -2.12. The Labute approximate surface area is 169 Å². The molecule has 8 heteroatoms. The summed E-state index contributed by atoms with van der Waals surface area (Å²) in [5, 5.41) is 0.237. The Kier molecular flexibility index (Phi) is 5.03. The van der Waals surface area contributed by atoms with Crippen molar-refractivity contribution < 1.29 is 13.2 Å². The predicted octanol–water partition coefficient (Wildman–Crippen LogP) is 4.35. The average molecular weight is 418 g/mol. The number of sulfonamides is 1. The number of imidazole rings is 1. The van der Waals surface area contributed by atoms with Crippen LogP contribution in [0.25, 0.3) is 11.3 Å². The van der Waals surface area contributed by atoms with Gasteiger partial charge in [0.15, 0.2) is 0 Å². The second kappa shape index (κ2) is 7.48. The number of nitrogens with zero attached hydrogens (tertiary/aromatic N) is 2. The predicted molar refractivity (Wildman–Crippen MR) is 109 cm³/mol. The van der Waals surface area contributed by atoms with Crippen LogP contribution in [0.3, 0.4) is 0 Å². The molecular weight excluding hydrogens is 398 g/mol. The van der Waals surface area contributed by atoms with E-state index in [-0.39, 0.29) is 9.92 Å². The van der Waals surface area contributed by atoms with Crippen LogP contribution in [0, 0.1) is 0 Å². The van der Waals surface area contributed by atoms with Gasteiger partial charge in [-0.3, -0.25) is 4.72 Å². The van der Waals surface area contributed by atoms with Crippen LogP contribution in [-0.4, -0.2) is 25.1 Å². The second-order valence-corrected chi connectivity index (χ2v) is 8.73. The molecule has 146 valence electrons. The normalized spacial score (nSPS) is 13.8. The molecule has 1 N–H and O–H groups in total. The summed E-state index contributed by atoms with van der Waals surface area (Å²) in [5.74, 6) is 1.46. The standard InChI is InChI=1S/C20H20ClN3O3S/c1-27-19-10-9-14(12-16(19)21)28(25,26)23-17-7-3-2-6-15(17)18-13-24-11-5-4-8-20(24)22-18/h2-3,6-7,9-10,12-13,23H,4-5,8,11H2,1H3. The Morgan fingerprint density at radius 1 is 1.18 bits per heavy atom. The number of para-hydroxylation sites is 1. The fourth-order valence-electron chi connectivity index (χ4n) is 3.36. The van der Waals surface area contributed by atoms with E-state index in [1.807, 2.05) is 18.3 Å². The highest BCUT2D eigenvalue weighted by Gasteiger charge is 2.20. The third-order valence-corrected chi connectivity index (χ3v) is 6.45. The van der Waals surface area contributed by atoms with Crippen LogP contribution in [0.2, 0.25) is 5.02 Å². The van der Waals surface area contributed by atoms with E-state index in [0.29, 0.717) is 11.4 Å². The van der Waals surface area contributed by atoms with Gasteiger partial charge in [0, 0.05) is 24.7 Å². The van der Waals surface area contributed by atoms with Gasteiger partial charge in [-0.05, 0) is 37.1 Å². The van der Waals surface area contributed by atoms with Gasteiger partial charge in [-0.1, -0.05) is 29.8 Å². The maximum atomic E-state index is 12.9. The summed E-state index contributed by atoms with van der Waals surface area (Å²) in [6, 6.07) is 11.6. The molecule has 0 radical (unpaired) electrons. The Morgan fingerprint density at radius 3 is 2.75 bits per heavy atom. The van der Waals surface area contributed by atoms with Crippen LogP contribution >= 0.6 is 11.6 Å². The largest absolute Gasteiger partial charge is 0.495 e. The zero-order valence-corrected chi connectivity index (χ0v) is 16.9. The summed E-state index contributed by atoms with van der Waals surface area (Å²) in [6.07, 6.45) is 5.20. The fraction of sp³-hybridized carbons (Fsp3) is 0.250. The number of hydrogen-bond acceptors (Lipinski definition) is 4. The average Bonchev–Trinajstić information content (AvgIpc) is 3.12. The van der Waals surface area contributed by atoms with Gasteiger partial charge in [0.1, 0.15) is 11.6 Å². The number of ether oxygens (including phenoxy) is 1. The zero-order chi connectivity index (χ0) is 19.7. The number of rotatable bonds is 5. The van der Waals surface area contributed by atoms with E-state index in [4.69, 9.17) is 21.3 Å². The molecule has 2 heterocycles. The van der Waals surface area contributed by atoms with E-state index in [9.17, 15) is 8.42 Å². The maximum absolute atomic E-state index is 12.9. The fourth-order valence-corrected chi connectivity index (χ4v) is 4.78. The van der Waals surface area contributed by atoms with E-state index in [0.717, 1.165) is 42.9 Å². The first-order valence-electron chi connectivity index (χ1n) is 9.00. The summed E-state index contributed by atoms with van der Waals surface area (Å²) in [4.78, 5) is 4.78. The summed E-state index contributed by atoms with van der Waals surface area (Å²) in [5.41, 5.74) is 1.99. The minimum absolute atomic E-state index is 0.0669. The topological polar surface area (TPSA) is 73.2 Å². The molecule has 28 heavy (non-hydrogen) atoms. The van der Waals surface area contributed by atoms with Crippen molar-refractivity contribution in [3.63, 3.8) is 0 Å². The SMILES string of the molecule is COc1ccc(S(=O)(=O)Nc2ccccc2-c2cn3c(n2)CCCC3)cc1Cl. The smallest absolute Gasteiger partial charge is 0.261 e. The minimum Gasteiger partial charge on any atom is -0.495 e. The highest BCUT2D eigenvalue weighted by molar-refractivity contribution is 7.92. The van der Waals surface area contributed by atoms with E-state index in [1.165, 1.54) is 25.3 Å². The number of aromatic nitrogens is 2. The quantitative estimate of drug-likeness (QED) is 0.669. The van der Waals surface area contributed by atoms with Gasteiger partial charge in [0.05, 0.1) is 28.4 Å². The molecule has 1 aliphatic rings. The number of aryl methyl sites for hydroxylation is 2. The highest BCUT2D eigenvalue weighted by atomic mass is 35.5. The number of methoxy groups -OCH3 is 1. The van der Waals surface area contributed by atoms with Gasteiger partial charge in [-0.2, -0.15) is 0 Å². The molecular formula is C20H20ClN3O3S. The van der Waals surface area contributed by atoms with Crippen molar-refractivity contribution >= 4 is 27.3 Å². The molecule has 1 aromatic heterocycles. The van der Waals surface area contributed by atoms with Crippen molar-refractivity contribution in [2.45, 2.75) is 30.7 Å². The number of hydrogen-bond donors (Lipinski definition) is 1. The van der Waals surface area contributed by atoms with E-state index in [2.05, 4.69) is 9.29 Å². The molecule has 0 saturated carbocycles. The molecule has 0 saturated heterocycles. The van der Waals surface area contributed by atoms with Crippen LogP contribution < -0.4 is 9.46 Å². The first kappa shape index (κ1) is 18.8. The molecule has 0 spiro atoms. The van der Waals surface area contributed by atoms with E-state index >= 15 is 0 Å². The Bertz CT molecular complexity index is 1100. The number of fused-ring (bicyclic) bond motifs is 1. The molecule has 4 rings (SSSR count). The Balaban J connectivity index is 1.69. The minimum atomic E-state index is -3.82. The molecule has 3 aromatic rings. The van der Waals surface area contributed by atoms with Crippen LogP contribution in [0.1, 0.15) is 18.7 Å². The summed E-state index contributed by atoms with van der Waals surface area (Å²) >= 11 is 6.09. The van der Waals surface area contributed by atoms with Crippen molar-refractivity contribution in [1.82, 2.24) is 9.55 Å². The van der Waals surface area contributed by atoms with Crippen molar-refractivity contribution in [2.75, 3.05) is 11.8 Å². The van der Waals surface area contributed by atoms with Crippen LogP contribution in [-0.2, 0) is 23.0 Å². The molecule has 1 aliphatic heterocycles. The van der Waals surface area contributed by atoms with Gasteiger partial charge < -0.3 is 9.30 Å². The number of anilines is 1. The van der Waals surface area contributed by atoms with E-state index < -0.39 is 10.0 Å². The molecule has 0 fully saturated rings. The third kappa shape index (κ3) is 3.59. The Morgan fingerprint density at radius 2 is 2.00 bits per heavy atom. The number of benzene rings is 2.